The van der Waals surface area contributed by atoms with Gasteiger partial charge in [-0.15, -0.1) is 0 Å². The summed E-state index contributed by atoms with van der Waals surface area (Å²) in [6, 6.07) is 6.18. The molecule has 0 bridgehead atoms. The first-order valence-corrected chi connectivity index (χ1v) is 8.52. The van der Waals surface area contributed by atoms with Crippen LogP contribution in [0.15, 0.2) is 24.3 Å². The summed E-state index contributed by atoms with van der Waals surface area (Å²) in [6.45, 7) is 0. The molecule has 0 aromatic heterocycles. The monoisotopic (exact) mass is 382 g/mol. The van der Waals surface area contributed by atoms with Gasteiger partial charge in [-0.3, -0.25) is 0 Å². The zero-order valence-electron chi connectivity index (χ0n) is 16.0. The predicted octanol–water partition coefficient (Wildman–Crippen LogP) is 3.40. The molecule has 0 saturated carbocycles. The molecule has 0 aliphatic rings. The molecule has 6 nitrogen and oxygen atoms in total. The Morgan fingerprint density at radius 3 is 1.61 bits per heavy atom. The summed E-state index contributed by atoms with van der Waals surface area (Å²) in [4.78, 5) is 0. The van der Waals surface area contributed by atoms with E-state index in [0.29, 0.717) is 35.7 Å². The summed E-state index contributed by atoms with van der Waals surface area (Å²) in [7, 11) is 4.66. The third kappa shape index (κ3) is 5.18. The predicted molar refractivity (Wildman–Crippen MR) is 105 cm³/mol. The number of aromatic hydroxyl groups is 3. The van der Waals surface area contributed by atoms with Crippen LogP contribution in [0.3, 0.4) is 0 Å². The van der Waals surface area contributed by atoms with E-state index in [2.05, 4.69) is 23.7 Å². The van der Waals surface area contributed by atoms with Crippen LogP contribution in [0.25, 0.3) is 0 Å². The number of phenolic OH excluding ortho intramolecular Hbond substituents is 3. The Kier molecular flexibility index (Phi) is 7.30. The molecule has 6 heteroatoms. The number of rotatable bonds is 5. The SMILES string of the molecule is COc1cc(C#CCCCC#Cc2cc(O)c(O)c(O)c2)cc(OC)c1OC. The molecule has 0 aliphatic heterocycles. The number of phenols is 3. The molecule has 0 unspecified atom stereocenters. The molecule has 0 fully saturated rings. The highest BCUT2D eigenvalue weighted by molar-refractivity contribution is 5.57. The molecule has 2 aromatic rings. The lowest BCUT2D eigenvalue weighted by Gasteiger charge is -2.12. The van der Waals surface area contributed by atoms with Gasteiger partial charge in [0.2, 0.25) is 5.75 Å². The lowest BCUT2D eigenvalue weighted by Crippen LogP contribution is -1.95. The van der Waals surface area contributed by atoms with E-state index in [9.17, 15) is 15.3 Å². The van der Waals surface area contributed by atoms with E-state index < -0.39 is 17.2 Å². The summed E-state index contributed by atoms with van der Waals surface area (Å²) >= 11 is 0. The molecule has 0 amide bonds. The minimum Gasteiger partial charge on any atom is -0.504 e. The Balaban J connectivity index is 1.95. The van der Waals surface area contributed by atoms with Gasteiger partial charge >= 0.3 is 0 Å². The number of unbranched alkanes of at least 4 members (excludes halogenated alkanes) is 2. The number of methoxy groups -OCH3 is 3. The zero-order chi connectivity index (χ0) is 20.5. The third-order valence-corrected chi connectivity index (χ3v) is 3.80. The van der Waals surface area contributed by atoms with Crippen molar-refractivity contribution in [2.75, 3.05) is 21.3 Å². The van der Waals surface area contributed by atoms with E-state index in [-0.39, 0.29) is 0 Å². The topological polar surface area (TPSA) is 88.4 Å². The van der Waals surface area contributed by atoms with Gasteiger partial charge in [0.15, 0.2) is 28.7 Å². The summed E-state index contributed by atoms with van der Waals surface area (Å²) in [5.41, 5.74) is 1.19. The van der Waals surface area contributed by atoms with Crippen LogP contribution < -0.4 is 14.2 Å². The van der Waals surface area contributed by atoms with Gasteiger partial charge in [-0.1, -0.05) is 23.7 Å². The minimum atomic E-state index is -0.549. The van der Waals surface area contributed by atoms with Gasteiger partial charge < -0.3 is 29.5 Å². The molecule has 2 rings (SSSR count). The third-order valence-electron chi connectivity index (χ3n) is 3.80. The van der Waals surface area contributed by atoms with Crippen LogP contribution in [0, 0.1) is 23.7 Å². The highest BCUT2D eigenvalue weighted by Crippen LogP contribution is 2.38. The van der Waals surface area contributed by atoms with Crippen LogP contribution in [-0.4, -0.2) is 36.6 Å². The number of ether oxygens (including phenoxy) is 3. The maximum Gasteiger partial charge on any atom is 0.203 e. The molecular weight excluding hydrogens is 360 g/mol. The smallest absolute Gasteiger partial charge is 0.203 e. The van der Waals surface area contributed by atoms with E-state index in [1.165, 1.54) is 12.1 Å². The second-order valence-corrected chi connectivity index (χ2v) is 5.73. The van der Waals surface area contributed by atoms with Crippen LogP contribution in [0.4, 0.5) is 0 Å². The highest BCUT2D eigenvalue weighted by Gasteiger charge is 2.12. The van der Waals surface area contributed by atoms with Crippen molar-refractivity contribution in [2.45, 2.75) is 19.3 Å². The fraction of sp³-hybridized carbons (Fsp3) is 0.273. The van der Waals surface area contributed by atoms with Crippen molar-refractivity contribution in [2.24, 2.45) is 0 Å². The van der Waals surface area contributed by atoms with E-state index in [0.717, 1.165) is 12.0 Å². The van der Waals surface area contributed by atoms with Crippen LogP contribution in [-0.2, 0) is 0 Å². The lowest BCUT2D eigenvalue weighted by atomic mass is 10.1. The van der Waals surface area contributed by atoms with Crippen molar-refractivity contribution in [3.8, 4) is 58.2 Å². The molecule has 0 spiro atoms. The van der Waals surface area contributed by atoms with E-state index in [1.807, 2.05) is 0 Å². The maximum atomic E-state index is 9.45. The number of hydrogen-bond acceptors (Lipinski definition) is 6. The fourth-order valence-corrected chi connectivity index (χ4v) is 2.42. The lowest BCUT2D eigenvalue weighted by molar-refractivity contribution is 0.324. The average molecular weight is 382 g/mol. The van der Waals surface area contributed by atoms with Gasteiger partial charge in [-0.05, 0) is 30.7 Å². The van der Waals surface area contributed by atoms with E-state index >= 15 is 0 Å². The largest absolute Gasteiger partial charge is 0.504 e. The van der Waals surface area contributed by atoms with Gasteiger partial charge in [-0.25, -0.2) is 0 Å². The maximum absolute atomic E-state index is 9.45. The van der Waals surface area contributed by atoms with Gasteiger partial charge in [0.1, 0.15) is 0 Å². The van der Waals surface area contributed by atoms with Crippen molar-refractivity contribution in [3.63, 3.8) is 0 Å². The Labute approximate surface area is 164 Å². The summed E-state index contributed by atoms with van der Waals surface area (Å²) < 4.78 is 15.9. The first kappa shape index (κ1) is 20.7. The first-order chi connectivity index (χ1) is 13.5. The molecule has 146 valence electrons. The second-order valence-electron chi connectivity index (χ2n) is 5.73. The Hall–Kier alpha value is -3.64. The normalized spacial score (nSPS) is 9.54. The number of benzene rings is 2. The van der Waals surface area contributed by atoms with Crippen molar-refractivity contribution >= 4 is 0 Å². The zero-order valence-corrected chi connectivity index (χ0v) is 16.0. The van der Waals surface area contributed by atoms with Crippen molar-refractivity contribution in [3.05, 3.63) is 35.4 Å². The standard InChI is InChI=1S/C22H22O6/c1-26-19-13-16(14-20(27-2)22(19)28-3)10-8-6-4-5-7-9-15-11-17(23)21(25)18(24)12-15/h11-14,23-25H,4-6H2,1-3H3. The van der Waals surface area contributed by atoms with Crippen LogP contribution >= 0.6 is 0 Å². The minimum absolute atomic E-state index is 0.402. The number of hydrogen-bond donors (Lipinski definition) is 3. The molecular formula is C22H22O6. The summed E-state index contributed by atoms with van der Waals surface area (Å²) in [6.07, 6.45) is 2.02. The van der Waals surface area contributed by atoms with Crippen molar-refractivity contribution in [1.82, 2.24) is 0 Å². The van der Waals surface area contributed by atoms with Gasteiger partial charge in [0.25, 0.3) is 0 Å². The molecule has 3 N–H and O–H groups in total. The fourth-order valence-electron chi connectivity index (χ4n) is 2.42. The molecule has 0 aliphatic carbocycles. The average Bonchev–Trinajstić information content (AvgIpc) is 2.70. The van der Waals surface area contributed by atoms with Crippen molar-refractivity contribution < 1.29 is 29.5 Å². The van der Waals surface area contributed by atoms with Crippen LogP contribution in [0.1, 0.15) is 30.4 Å². The summed E-state index contributed by atoms with van der Waals surface area (Å²) in [5.74, 6) is 12.2. The van der Waals surface area contributed by atoms with Crippen molar-refractivity contribution in [1.29, 1.82) is 0 Å². The Morgan fingerprint density at radius 2 is 1.18 bits per heavy atom. The Bertz CT molecular complexity index is 908. The van der Waals surface area contributed by atoms with Crippen LogP contribution in [0.5, 0.6) is 34.5 Å². The van der Waals surface area contributed by atoms with Gasteiger partial charge in [-0.2, -0.15) is 0 Å². The van der Waals surface area contributed by atoms with E-state index in [4.69, 9.17) is 14.2 Å². The molecule has 0 saturated heterocycles. The van der Waals surface area contributed by atoms with E-state index in [1.54, 1.807) is 33.5 Å². The quantitative estimate of drug-likeness (QED) is 0.417. The van der Waals surface area contributed by atoms with Crippen LogP contribution in [0.2, 0.25) is 0 Å². The molecule has 2 aromatic carbocycles. The highest BCUT2D eigenvalue weighted by atomic mass is 16.5. The second kappa shape index (κ2) is 9.89. The molecule has 0 radical (unpaired) electrons. The summed E-state index contributed by atoms with van der Waals surface area (Å²) in [5, 5.41) is 28.2. The van der Waals surface area contributed by atoms with Gasteiger partial charge in [0, 0.05) is 24.0 Å². The Morgan fingerprint density at radius 1 is 0.714 bits per heavy atom. The first-order valence-electron chi connectivity index (χ1n) is 8.52. The molecule has 0 atom stereocenters. The van der Waals surface area contributed by atoms with Gasteiger partial charge in [0.05, 0.1) is 21.3 Å². The molecule has 28 heavy (non-hydrogen) atoms. The molecule has 0 heterocycles.